The van der Waals surface area contributed by atoms with E-state index in [1.807, 2.05) is 0 Å². The molecule has 0 saturated heterocycles. The molecule has 1 N–H and O–H groups in total. The number of halogens is 1. The molecule has 0 bridgehead atoms. The Morgan fingerprint density at radius 2 is 2.11 bits per heavy atom. The summed E-state index contributed by atoms with van der Waals surface area (Å²) in [4.78, 5) is 0. The van der Waals surface area contributed by atoms with Crippen molar-refractivity contribution in [2.45, 2.75) is 51.5 Å². The Hall–Kier alpha value is -0.340. The van der Waals surface area contributed by atoms with Gasteiger partial charge in [-0.3, -0.25) is 0 Å². The standard InChI is InChI=1S/C17H26BrN/c1-3-13-7-6-9-15(11-13)17(19-2)12-14-8-4-5-10-16(14)18/h4-5,8,10,13,15,17,19H,3,6-7,9,11-12H2,1-2H3. The van der Waals surface area contributed by atoms with Gasteiger partial charge in [-0.05, 0) is 49.8 Å². The summed E-state index contributed by atoms with van der Waals surface area (Å²) in [6.45, 7) is 2.34. The van der Waals surface area contributed by atoms with Crippen molar-refractivity contribution in [2.75, 3.05) is 7.05 Å². The molecule has 19 heavy (non-hydrogen) atoms. The maximum atomic E-state index is 3.68. The first-order chi connectivity index (χ1) is 9.24. The Morgan fingerprint density at radius 1 is 1.32 bits per heavy atom. The van der Waals surface area contributed by atoms with Gasteiger partial charge in [-0.1, -0.05) is 60.3 Å². The fourth-order valence-corrected chi connectivity index (χ4v) is 3.92. The summed E-state index contributed by atoms with van der Waals surface area (Å²) in [5.41, 5.74) is 1.43. The van der Waals surface area contributed by atoms with Crippen LogP contribution >= 0.6 is 15.9 Å². The van der Waals surface area contributed by atoms with Gasteiger partial charge in [0.05, 0.1) is 0 Å². The lowest BCUT2D eigenvalue weighted by atomic mass is 9.75. The lowest BCUT2D eigenvalue weighted by molar-refractivity contribution is 0.212. The molecular formula is C17H26BrN. The minimum atomic E-state index is 0.619. The molecule has 0 spiro atoms. The SMILES string of the molecule is CCC1CCCC(C(Cc2ccccc2Br)NC)C1. The normalized spacial score (nSPS) is 25.2. The molecule has 2 rings (SSSR count). The van der Waals surface area contributed by atoms with Crippen LogP contribution in [-0.4, -0.2) is 13.1 Å². The zero-order valence-electron chi connectivity index (χ0n) is 12.2. The first kappa shape index (κ1) is 15.1. The molecular weight excluding hydrogens is 298 g/mol. The van der Waals surface area contributed by atoms with Crippen LogP contribution < -0.4 is 5.32 Å². The van der Waals surface area contributed by atoms with Crippen LogP contribution in [0.5, 0.6) is 0 Å². The van der Waals surface area contributed by atoms with Gasteiger partial charge in [0, 0.05) is 10.5 Å². The van der Waals surface area contributed by atoms with E-state index >= 15 is 0 Å². The van der Waals surface area contributed by atoms with Crippen LogP contribution in [0.15, 0.2) is 28.7 Å². The molecule has 2 heteroatoms. The predicted octanol–water partition coefficient (Wildman–Crippen LogP) is 4.80. The quantitative estimate of drug-likeness (QED) is 0.821. The highest BCUT2D eigenvalue weighted by Crippen LogP contribution is 2.34. The first-order valence-corrected chi connectivity index (χ1v) is 8.44. The van der Waals surface area contributed by atoms with Gasteiger partial charge in [-0.2, -0.15) is 0 Å². The molecule has 0 amide bonds. The van der Waals surface area contributed by atoms with Crippen molar-refractivity contribution in [3.8, 4) is 0 Å². The number of rotatable bonds is 5. The van der Waals surface area contributed by atoms with Gasteiger partial charge < -0.3 is 5.32 Å². The number of nitrogens with one attached hydrogen (secondary N) is 1. The van der Waals surface area contributed by atoms with E-state index < -0.39 is 0 Å². The molecule has 1 aliphatic carbocycles. The first-order valence-electron chi connectivity index (χ1n) is 7.65. The van der Waals surface area contributed by atoms with Crippen LogP contribution in [0.4, 0.5) is 0 Å². The summed E-state index contributed by atoms with van der Waals surface area (Å²) in [5.74, 6) is 1.80. The van der Waals surface area contributed by atoms with E-state index in [9.17, 15) is 0 Å². The van der Waals surface area contributed by atoms with E-state index in [4.69, 9.17) is 0 Å². The van der Waals surface area contributed by atoms with Crippen molar-refractivity contribution < 1.29 is 0 Å². The molecule has 0 aliphatic heterocycles. The average molecular weight is 324 g/mol. The average Bonchev–Trinajstić information content (AvgIpc) is 2.46. The maximum Gasteiger partial charge on any atom is 0.0207 e. The fourth-order valence-electron chi connectivity index (χ4n) is 3.47. The van der Waals surface area contributed by atoms with Crippen LogP contribution in [0.3, 0.4) is 0 Å². The van der Waals surface area contributed by atoms with Gasteiger partial charge in [0.25, 0.3) is 0 Å². The lowest BCUT2D eigenvalue weighted by Gasteiger charge is -2.34. The van der Waals surface area contributed by atoms with Gasteiger partial charge in [-0.25, -0.2) is 0 Å². The third-order valence-corrected chi connectivity index (χ3v) is 5.51. The minimum Gasteiger partial charge on any atom is -0.316 e. The minimum absolute atomic E-state index is 0.619. The largest absolute Gasteiger partial charge is 0.316 e. The van der Waals surface area contributed by atoms with E-state index in [-0.39, 0.29) is 0 Å². The Labute approximate surface area is 126 Å². The van der Waals surface area contributed by atoms with Gasteiger partial charge >= 0.3 is 0 Å². The molecule has 1 aromatic carbocycles. The summed E-state index contributed by atoms with van der Waals surface area (Å²) in [6.07, 6.45) is 8.15. The molecule has 3 unspecified atom stereocenters. The van der Waals surface area contributed by atoms with Gasteiger partial charge in [0.1, 0.15) is 0 Å². The van der Waals surface area contributed by atoms with Gasteiger partial charge in [-0.15, -0.1) is 0 Å². The number of hydrogen-bond donors (Lipinski definition) is 1. The molecule has 3 atom stereocenters. The Bertz CT molecular complexity index is 391. The second-order valence-electron chi connectivity index (χ2n) is 5.89. The third-order valence-electron chi connectivity index (χ3n) is 4.74. The molecule has 0 heterocycles. The molecule has 0 radical (unpaired) electrons. The van der Waals surface area contributed by atoms with Gasteiger partial charge in [0.15, 0.2) is 0 Å². The number of benzene rings is 1. The monoisotopic (exact) mass is 323 g/mol. The number of hydrogen-bond acceptors (Lipinski definition) is 1. The molecule has 1 nitrogen and oxygen atoms in total. The summed E-state index contributed by atoms with van der Waals surface area (Å²) < 4.78 is 1.25. The van der Waals surface area contributed by atoms with E-state index in [0.717, 1.165) is 18.3 Å². The smallest absolute Gasteiger partial charge is 0.0207 e. The molecule has 0 aromatic heterocycles. The van der Waals surface area contributed by atoms with Crippen molar-refractivity contribution in [1.29, 1.82) is 0 Å². The summed E-state index contributed by atoms with van der Waals surface area (Å²) in [5, 5.41) is 3.57. The molecule has 1 saturated carbocycles. The Morgan fingerprint density at radius 3 is 2.79 bits per heavy atom. The van der Waals surface area contributed by atoms with E-state index in [0.29, 0.717) is 6.04 Å². The predicted molar refractivity (Wildman–Crippen MR) is 86.4 cm³/mol. The highest BCUT2D eigenvalue weighted by Gasteiger charge is 2.27. The Kier molecular flexibility index (Phi) is 5.90. The molecule has 1 fully saturated rings. The van der Waals surface area contributed by atoms with E-state index in [1.54, 1.807) is 0 Å². The highest BCUT2D eigenvalue weighted by atomic mass is 79.9. The van der Waals surface area contributed by atoms with Crippen LogP contribution in [0.25, 0.3) is 0 Å². The van der Waals surface area contributed by atoms with Crippen molar-refractivity contribution >= 4 is 15.9 Å². The van der Waals surface area contributed by atoms with Crippen LogP contribution in [-0.2, 0) is 6.42 Å². The maximum absolute atomic E-state index is 3.68. The highest BCUT2D eigenvalue weighted by molar-refractivity contribution is 9.10. The fraction of sp³-hybridized carbons (Fsp3) is 0.647. The molecule has 106 valence electrons. The Balaban J connectivity index is 2.01. The zero-order chi connectivity index (χ0) is 13.7. The summed E-state index contributed by atoms with van der Waals surface area (Å²) >= 11 is 3.68. The second-order valence-corrected chi connectivity index (χ2v) is 6.75. The lowest BCUT2D eigenvalue weighted by Crippen LogP contribution is -2.38. The van der Waals surface area contributed by atoms with E-state index in [1.165, 1.54) is 42.1 Å². The van der Waals surface area contributed by atoms with Crippen molar-refractivity contribution in [1.82, 2.24) is 5.32 Å². The second kappa shape index (κ2) is 7.44. The summed E-state index contributed by atoms with van der Waals surface area (Å²) in [7, 11) is 2.12. The molecule has 1 aromatic rings. The zero-order valence-corrected chi connectivity index (χ0v) is 13.7. The third kappa shape index (κ3) is 4.06. The van der Waals surface area contributed by atoms with Crippen LogP contribution in [0.2, 0.25) is 0 Å². The summed E-state index contributed by atoms with van der Waals surface area (Å²) in [6, 6.07) is 9.25. The topological polar surface area (TPSA) is 12.0 Å². The van der Waals surface area contributed by atoms with Crippen molar-refractivity contribution in [3.05, 3.63) is 34.3 Å². The van der Waals surface area contributed by atoms with Crippen molar-refractivity contribution in [2.24, 2.45) is 11.8 Å². The van der Waals surface area contributed by atoms with Gasteiger partial charge in [0.2, 0.25) is 0 Å². The molecule has 1 aliphatic rings. The number of likely N-dealkylation sites (N-methyl/N-ethyl adjacent to an activating group) is 1. The van der Waals surface area contributed by atoms with Crippen molar-refractivity contribution in [3.63, 3.8) is 0 Å². The van der Waals surface area contributed by atoms with Crippen LogP contribution in [0.1, 0.15) is 44.6 Å². The van der Waals surface area contributed by atoms with Crippen LogP contribution in [0, 0.1) is 11.8 Å². The van der Waals surface area contributed by atoms with E-state index in [2.05, 4.69) is 59.5 Å².